The van der Waals surface area contributed by atoms with Crippen LogP contribution in [0.15, 0.2) is 51.4 Å². The van der Waals surface area contributed by atoms with Gasteiger partial charge in [0.15, 0.2) is 0 Å². The highest BCUT2D eigenvalue weighted by Gasteiger charge is 2.15. The maximum Gasteiger partial charge on any atom is 0.347 e. The van der Waals surface area contributed by atoms with Crippen LogP contribution in [0.3, 0.4) is 0 Å². The maximum absolute atomic E-state index is 12.2. The Kier molecular flexibility index (Phi) is 5.20. The van der Waals surface area contributed by atoms with Gasteiger partial charge in [-0.15, -0.1) is 0 Å². The van der Waals surface area contributed by atoms with E-state index in [4.69, 9.17) is 9.47 Å². The van der Waals surface area contributed by atoms with Crippen molar-refractivity contribution in [2.45, 2.75) is 6.92 Å². The molecule has 0 aliphatic rings. The average Bonchev–Trinajstić information content (AvgIpc) is 2.43. The molecule has 0 radical (unpaired) electrons. The Balaban J connectivity index is 2.23. The molecule has 0 heterocycles. The minimum absolute atomic E-state index is 0.393. The highest BCUT2D eigenvalue weighted by atomic mass is 79.9. The monoisotopic (exact) mass is 398 g/mol. The Bertz CT molecular complexity index is 609. The number of carbonyl (C=O) groups excluding carboxylic acids is 1. The van der Waals surface area contributed by atoms with Crippen LogP contribution in [-0.4, -0.2) is 12.6 Å². The van der Waals surface area contributed by atoms with Crippen LogP contribution in [-0.2, 0) is 0 Å². The van der Waals surface area contributed by atoms with E-state index in [-0.39, 0.29) is 0 Å². The topological polar surface area (TPSA) is 35.5 Å². The van der Waals surface area contributed by atoms with Crippen LogP contribution >= 0.6 is 31.9 Å². The standard InChI is InChI=1S/C15H12Br2O3/c1-2-19-14-8-5-11(17)9-13(14)15(18)20-12-6-3-10(16)4-7-12/h3-9H,2H2,1H3. The van der Waals surface area contributed by atoms with E-state index >= 15 is 0 Å². The number of carbonyl (C=O) groups is 1. The smallest absolute Gasteiger partial charge is 0.347 e. The second-order valence-electron chi connectivity index (χ2n) is 3.92. The number of esters is 1. The number of hydrogen-bond acceptors (Lipinski definition) is 3. The van der Waals surface area contributed by atoms with E-state index in [9.17, 15) is 4.79 Å². The van der Waals surface area contributed by atoms with Crippen molar-refractivity contribution >= 4 is 37.8 Å². The van der Waals surface area contributed by atoms with Gasteiger partial charge in [0.1, 0.15) is 17.1 Å². The van der Waals surface area contributed by atoms with Gasteiger partial charge < -0.3 is 9.47 Å². The molecule has 0 spiro atoms. The molecule has 0 aromatic heterocycles. The molecular weight excluding hydrogens is 388 g/mol. The Morgan fingerprint density at radius 1 is 1.05 bits per heavy atom. The van der Waals surface area contributed by atoms with Crippen molar-refractivity contribution in [3.05, 3.63) is 57.0 Å². The third-order valence-electron chi connectivity index (χ3n) is 2.49. The van der Waals surface area contributed by atoms with E-state index in [0.717, 1.165) is 8.95 Å². The van der Waals surface area contributed by atoms with Crippen LogP contribution in [0.5, 0.6) is 11.5 Å². The van der Waals surface area contributed by atoms with Gasteiger partial charge in [0.05, 0.1) is 6.61 Å². The van der Waals surface area contributed by atoms with Crippen molar-refractivity contribution in [3.8, 4) is 11.5 Å². The first-order chi connectivity index (χ1) is 9.60. The van der Waals surface area contributed by atoms with Crippen molar-refractivity contribution in [2.75, 3.05) is 6.61 Å². The molecule has 2 aromatic carbocycles. The number of ether oxygens (including phenoxy) is 2. The quantitative estimate of drug-likeness (QED) is 0.545. The lowest BCUT2D eigenvalue weighted by Gasteiger charge is -2.10. The van der Waals surface area contributed by atoms with Crippen molar-refractivity contribution < 1.29 is 14.3 Å². The van der Waals surface area contributed by atoms with E-state index < -0.39 is 5.97 Å². The second kappa shape index (κ2) is 6.90. The van der Waals surface area contributed by atoms with Gasteiger partial charge in [-0.05, 0) is 49.4 Å². The maximum atomic E-state index is 12.2. The van der Waals surface area contributed by atoms with Crippen molar-refractivity contribution in [3.63, 3.8) is 0 Å². The highest BCUT2D eigenvalue weighted by molar-refractivity contribution is 9.10. The zero-order chi connectivity index (χ0) is 14.5. The molecule has 2 rings (SSSR count). The van der Waals surface area contributed by atoms with Crippen LogP contribution in [0.1, 0.15) is 17.3 Å². The van der Waals surface area contributed by atoms with Gasteiger partial charge in [0, 0.05) is 8.95 Å². The van der Waals surface area contributed by atoms with Gasteiger partial charge in [0.2, 0.25) is 0 Å². The summed E-state index contributed by atoms with van der Waals surface area (Å²) in [7, 11) is 0. The largest absolute Gasteiger partial charge is 0.493 e. The molecule has 0 amide bonds. The zero-order valence-corrected chi connectivity index (χ0v) is 13.9. The van der Waals surface area contributed by atoms with Gasteiger partial charge in [-0.2, -0.15) is 0 Å². The van der Waals surface area contributed by atoms with E-state index in [1.165, 1.54) is 0 Å². The third-order valence-corrected chi connectivity index (χ3v) is 3.51. The van der Waals surface area contributed by atoms with Gasteiger partial charge in [0.25, 0.3) is 0 Å². The third kappa shape index (κ3) is 3.84. The Hall–Kier alpha value is -1.33. The van der Waals surface area contributed by atoms with Crippen molar-refractivity contribution in [1.82, 2.24) is 0 Å². The van der Waals surface area contributed by atoms with E-state index in [1.807, 2.05) is 25.1 Å². The summed E-state index contributed by atoms with van der Waals surface area (Å²) >= 11 is 6.67. The molecule has 0 saturated carbocycles. The number of halogens is 2. The zero-order valence-electron chi connectivity index (χ0n) is 10.7. The lowest BCUT2D eigenvalue weighted by Crippen LogP contribution is -2.11. The molecule has 5 heteroatoms. The number of benzene rings is 2. The summed E-state index contributed by atoms with van der Waals surface area (Å²) < 4.78 is 12.5. The summed E-state index contributed by atoms with van der Waals surface area (Å²) in [5, 5.41) is 0. The van der Waals surface area contributed by atoms with Crippen molar-refractivity contribution in [2.24, 2.45) is 0 Å². The fraction of sp³-hybridized carbons (Fsp3) is 0.133. The molecule has 104 valence electrons. The molecule has 2 aromatic rings. The summed E-state index contributed by atoms with van der Waals surface area (Å²) in [5.74, 6) is 0.551. The molecule has 0 fully saturated rings. The van der Waals surface area contributed by atoms with Gasteiger partial charge in [-0.3, -0.25) is 0 Å². The lowest BCUT2D eigenvalue weighted by atomic mass is 10.2. The fourth-order valence-electron chi connectivity index (χ4n) is 1.61. The molecule has 3 nitrogen and oxygen atoms in total. The minimum Gasteiger partial charge on any atom is -0.493 e. The van der Waals surface area contributed by atoms with Gasteiger partial charge in [-0.25, -0.2) is 4.79 Å². The highest BCUT2D eigenvalue weighted by Crippen LogP contribution is 2.25. The summed E-state index contributed by atoms with van der Waals surface area (Å²) in [5.41, 5.74) is 0.393. The van der Waals surface area contributed by atoms with Gasteiger partial charge in [-0.1, -0.05) is 31.9 Å². The first-order valence-electron chi connectivity index (χ1n) is 6.00. The minimum atomic E-state index is -0.447. The summed E-state index contributed by atoms with van der Waals surface area (Å²) in [4.78, 5) is 12.2. The van der Waals surface area contributed by atoms with Crippen LogP contribution in [0, 0.1) is 0 Å². The normalized spacial score (nSPS) is 10.2. The molecule has 0 aliphatic heterocycles. The molecule has 0 N–H and O–H groups in total. The van der Waals surface area contributed by atoms with Crippen molar-refractivity contribution in [1.29, 1.82) is 0 Å². The summed E-state index contributed by atoms with van der Waals surface area (Å²) in [6.45, 7) is 2.35. The van der Waals surface area contributed by atoms with Crippen LogP contribution in [0.25, 0.3) is 0 Å². The SMILES string of the molecule is CCOc1ccc(Br)cc1C(=O)Oc1ccc(Br)cc1. The first kappa shape index (κ1) is 15.1. The predicted octanol–water partition coefficient (Wildman–Crippen LogP) is 4.83. The van der Waals surface area contributed by atoms with Crippen LogP contribution < -0.4 is 9.47 Å². The van der Waals surface area contributed by atoms with E-state index in [2.05, 4.69) is 31.9 Å². The van der Waals surface area contributed by atoms with Crippen LogP contribution in [0.2, 0.25) is 0 Å². The molecule has 0 atom stereocenters. The Morgan fingerprint density at radius 2 is 1.70 bits per heavy atom. The summed E-state index contributed by atoms with van der Waals surface area (Å²) in [6, 6.07) is 12.3. The van der Waals surface area contributed by atoms with E-state index in [0.29, 0.717) is 23.7 Å². The molecule has 0 unspecified atom stereocenters. The van der Waals surface area contributed by atoms with Crippen LogP contribution in [0.4, 0.5) is 0 Å². The second-order valence-corrected chi connectivity index (χ2v) is 5.75. The predicted molar refractivity (Wildman–Crippen MR) is 84.4 cm³/mol. The number of rotatable bonds is 4. The van der Waals surface area contributed by atoms with Gasteiger partial charge >= 0.3 is 5.97 Å². The molecule has 0 saturated heterocycles. The molecular formula is C15H12Br2O3. The lowest BCUT2D eigenvalue weighted by molar-refractivity contribution is 0.0730. The fourth-order valence-corrected chi connectivity index (χ4v) is 2.23. The molecule has 0 bridgehead atoms. The van der Waals surface area contributed by atoms with E-state index in [1.54, 1.807) is 24.3 Å². The Morgan fingerprint density at radius 3 is 2.35 bits per heavy atom. The number of hydrogen-bond donors (Lipinski definition) is 0. The molecule has 20 heavy (non-hydrogen) atoms. The Labute approximate surface area is 134 Å². The molecule has 0 aliphatic carbocycles. The first-order valence-corrected chi connectivity index (χ1v) is 7.59. The summed E-state index contributed by atoms with van der Waals surface area (Å²) in [6.07, 6.45) is 0. The average molecular weight is 400 g/mol.